The molecule has 6 nitrogen and oxygen atoms in total. The number of amides is 2. The number of aryl methyl sites for hydroxylation is 1. The molecule has 0 spiro atoms. The molecule has 0 radical (unpaired) electrons. The van der Waals surface area contributed by atoms with E-state index in [0.717, 1.165) is 36.2 Å². The van der Waals surface area contributed by atoms with Crippen molar-refractivity contribution in [1.29, 1.82) is 0 Å². The van der Waals surface area contributed by atoms with Crippen LogP contribution in [0.5, 0.6) is 0 Å². The number of alkyl halides is 3. The average molecular weight is 503 g/mol. The first-order valence-corrected chi connectivity index (χ1v) is 12.1. The van der Waals surface area contributed by atoms with Gasteiger partial charge in [-0.15, -0.1) is 11.3 Å². The fourth-order valence-electron chi connectivity index (χ4n) is 3.63. The lowest BCUT2D eigenvalue weighted by Crippen LogP contribution is -2.37. The zero-order valence-corrected chi connectivity index (χ0v) is 19.9. The van der Waals surface area contributed by atoms with Crippen molar-refractivity contribution < 1.29 is 22.8 Å². The van der Waals surface area contributed by atoms with Crippen LogP contribution in [0.3, 0.4) is 0 Å². The van der Waals surface area contributed by atoms with Gasteiger partial charge in [0.05, 0.1) is 5.56 Å². The first kappa shape index (κ1) is 24.7. The molecule has 0 bridgehead atoms. The number of benzene rings is 2. The van der Waals surface area contributed by atoms with Crippen LogP contribution in [0.25, 0.3) is 0 Å². The summed E-state index contributed by atoms with van der Waals surface area (Å²) in [5, 5.41) is 8.14. The Balaban J connectivity index is 1.31. The molecule has 4 rings (SSSR count). The standard InChI is InChI=1S/C25H25F3N4O2S/c1-16-4-2-7-19(12-16)30-24-31-21(15-35-24)23(34)32(20-8-9-20)11-10-22(33)29-14-17-5-3-6-18(13-17)25(26,27)28/h2-7,12-13,15,20H,8-11,14H2,1H3,(H,29,33)(H,30,31). The summed E-state index contributed by atoms with van der Waals surface area (Å²) in [4.78, 5) is 31.5. The van der Waals surface area contributed by atoms with Gasteiger partial charge in [-0.05, 0) is 55.2 Å². The van der Waals surface area contributed by atoms with E-state index in [1.807, 2.05) is 31.2 Å². The van der Waals surface area contributed by atoms with E-state index < -0.39 is 11.7 Å². The first-order valence-electron chi connectivity index (χ1n) is 11.2. The Hall–Kier alpha value is -3.40. The lowest BCUT2D eigenvalue weighted by atomic mass is 10.1. The minimum atomic E-state index is -4.43. The minimum absolute atomic E-state index is 0.0137. The Labute approximate surface area is 205 Å². The fourth-order valence-corrected chi connectivity index (χ4v) is 4.33. The number of anilines is 2. The molecular formula is C25H25F3N4O2S. The summed E-state index contributed by atoms with van der Waals surface area (Å²) in [5.74, 6) is -0.562. The van der Waals surface area contributed by atoms with Crippen LogP contribution >= 0.6 is 11.3 Å². The van der Waals surface area contributed by atoms with E-state index in [1.165, 1.54) is 23.5 Å². The third kappa shape index (κ3) is 6.82. The van der Waals surface area contributed by atoms with Gasteiger partial charge in [-0.25, -0.2) is 4.98 Å². The van der Waals surface area contributed by atoms with E-state index in [2.05, 4.69) is 15.6 Å². The molecule has 1 saturated carbocycles. The highest BCUT2D eigenvalue weighted by Gasteiger charge is 2.34. The topological polar surface area (TPSA) is 74.3 Å². The largest absolute Gasteiger partial charge is 0.416 e. The molecule has 3 aromatic rings. The van der Waals surface area contributed by atoms with E-state index in [1.54, 1.807) is 10.3 Å². The Morgan fingerprint density at radius 2 is 1.91 bits per heavy atom. The molecule has 10 heteroatoms. The molecule has 2 amide bonds. The molecule has 35 heavy (non-hydrogen) atoms. The normalized spacial score (nSPS) is 13.4. The Morgan fingerprint density at radius 1 is 1.14 bits per heavy atom. The van der Waals surface area contributed by atoms with Crippen LogP contribution in [-0.4, -0.2) is 34.3 Å². The Bertz CT molecular complexity index is 1210. The highest BCUT2D eigenvalue weighted by molar-refractivity contribution is 7.14. The monoisotopic (exact) mass is 502 g/mol. The van der Waals surface area contributed by atoms with Crippen LogP contribution < -0.4 is 10.6 Å². The van der Waals surface area contributed by atoms with E-state index in [9.17, 15) is 22.8 Å². The van der Waals surface area contributed by atoms with Gasteiger partial charge in [0, 0.05) is 36.6 Å². The summed E-state index contributed by atoms with van der Waals surface area (Å²) in [7, 11) is 0. The van der Waals surface area contributed by atoms with Crippen molar-refractivity contribution in [2.45, 2.75) is 44.9 Å². The van der Waals surface area contributed by atoms with Crippen LogP contribution in [0.2, 0.25) is 0 Å². The van der Waals surface area contributed by atoms with Crippen LogP contribution in [-0.2, 0) is 17.5 Å². The van der Waals surface area contributed by atoms with Gasteiger partial charge < -0.3 is 15.5 Å². The quantitative estimate of drug-likeness (QED) is 0.404. The third-order valence-electron chi connectivity index (χ3n) is 5.56. The second-order valence-corrected chi connectivity index (χ2v) is 9.35. The van der Waals surface area contributed by atoms with Crippen LogP contribution in [0.15, 0.2) is 53.9 Å². The maximum Gasteiger partial charge on any atom is 0.416 e. The minimum Gasteiger partial charge on any atom is -0.352 e. The van der Waals surface area contributed by atoms with Gasteiger partial charge in [0.2, 0.25) is 5.91 Å². The number of hydrogen-bond donors (Lipinski definition) is 2. The first-order chi connectivity index (χ1) is 16.7. The van der Waals surface area contributed by atoms with Crippen molar-refractivity contribution in [1.82, 2.24) is 15.2 Å². The molecule has 1 heterocycles. The van der Waals surface area contributed by atoms with E-state index in [0.29, 0.717) is 16.4 Å². The van der Waals surface area contributed by atoms with Crippen molar-refractivity contribution in [3.63, 3.8) is 0 Å². The Kier molecular flexibility index (Phi) is 7.39. The molecule has 0 unspecified atom stereocenters. The zero-order chi connectivity index (χ0) is 25.0. The SMILES string of the molecule is Cc1cccc(Nc2nc(C(=O)N(CCC(=O)NCc3cccc(C(F)(F)F)c3)C3CC3)cs2)c1. The lowest BCUT2D eigenvalue weighted by Gasteiger charge is -2.21. The van der Waals surface area contributed by atoms with E-state index in [-0.39, 0.29) is 37.4 Å². The maximum atomic E-state index is 13.1. The number of nitrogens with zero attached hydrogens (tertiary/aromatic N) is 2. The number of hydrogen-bond acceptors (Lipinski definition) is 5. The van der Waals surface area contributed by atoms with Crippen LogP contribution in [0.4, 0.5) is 24.0 Å². The zero-order valence-electron chi connectivity index (χ0n) is 19.1. The molecule has 0 atom stereocenters. The van der Waals surface area contributed by atoms with Crippen LogP contribution in [0, 0.1) is 6.92 Å². The van der Waals surface area contributed by atoms with Crippen molar-refractivity contribution in [2.75, 3.05) is 11.9 Å². The third-order valence-corrected chi connectivity index (χ3v) is 6.32. The van der Waals surface area contributed by atoms with Crippen molar-refractivity contribution >= 4 is 34.0 Å². The predicted octanol–water partition coefficient (Wildman–Crippen LogP) is 5.53. The van der Waals surface area contributed by atoms with Gasteiger partial charge in [-0.2, -0.15) is 13.2 Å². The van der Waals surface area contributed by atoms with E-state index in [4.69, 9.17) is 0 Å². The smallest absolute Gasteiger partial charge is 0.352 e. The van der Waals surface area contributed by atoms with Gasteiger partial charge in [0.1, 0.15) is 5.69 Å². The second-order valence-electron chi connectivity index (χ2n) is 8.49. The molecule has 0 aliphatic heterocycles. The molecule has 2 aromatic carbocycles. The van der Waals surface area contributed by atoms with Gasteiger partial charge in [-0.1, -0.05) is 24.3 Å². The number of carbonyl (C=O) groups is 2. The number of thiazole rings is 1. The highest BCUT2D eigenvalue weighted by Crippen LogP contribution is 2.31. The fraction of sp³-hybridized carbons (Fsp3) is 0.320. The average Bonchev–Trinajstić information content (AvgIpc) is 3.55. The summed E-state index contributed by atoms with van der Waals surface area (Å²) in [6, 6.07) is 12.8. The van der Waals surface area contributed by atoms with Crippen molar-refractivity contribution in [3.05, 3.63) is 76.3 Å². The van der Waals surface area contributed by atoms with Gasteiger partial charge in [0.25, 0.3) is 5.91 Å². The summed E-state index contributed by atoms with van der Waals surface area (Å²) >= 11 is 1.33. The second kappa shape index (κ2) is 10.5. The number of nitrogens with one attached hydrogen (secondary N) is 2. The number of halogens is 3. The summed E-state index contributed by atoms with van der Waals surface area (Å²) in [5.41, 5.74) is 1.92. The predicted molar refractivity (Wildman–Crippen MR) is 129 cm³/mol. The number of rotatable bonds is 9. The van der Waals surface area contributed by atoms with Gasteiger partial charge in [-0.3, -0.25) is 9.59 Å². The molecule has 1 aliphatic rings. The lowest BCUT2D eigenvalue weighted by molar-refractivity contribution is -0.137. The molecule has 2 N–H and O–H groups in total. The molecule has 1 fully saturated rings. The molecule has 1 aromatic heterocycles. The summed E-state index contributed by atoms with van der Waals surface area (Å²) in [6.07, 6.45) is -2.64. The molecular weight excluding hydrogens is 477 g/mol. The molecule has 0 saturated heterocycles. The van der Waals surface area contributed by atoms with Crippen LogP contribution in [0.1, 0.15) is 46.4 Å². The summed E-state index contributed by atoms with van der Waals surface area (Å²) in [6.45, 7) is 2.20. The summed E-state index contributed by atoms with van der Waals surface area (Å²) < 4.78 is 38.6. The molecule has 1 aliphatic carbocycles. The number of carbonyl (C=O) groups excluding carboxylic acids is 2. The molecule has 184 valence electrons. The highest BCUT2D eigenvalue weighted by atomic mass is 32.1. The maximum absolute atomic E-state index is 13.1. The Morgan fingerprint density at radius 3 is 2.63 bits per heavy atom. The van der Waals surface area contributed by atoms with Crippen molar-refractivity contribution in [2.24, 2.45) is 0 Å². The van der Waals surface area contributed by atoms with Crippen molar-refractivity contribution in [3.8, 4) is 0 Å². The van der Waals surface area contributed by atoms with Gasteiger partial charge in [0.15, 0.2) is 5.13 Å². The van der Waals surface area contributed by atoms with Gasteiger partial charge >= 0.3 is 6.18 Å². The van der Waals surface area contributed by atoms with E-state index >= 15 is 0 Å². The number of aromatic nitrogens is 1.